The molecule has 1 amide bonds. The van der Waals surface area contributed by atoms with Gasteiger partial charge in [0.15, 0.2) is 0 Å². The fourth-order valence-electron chi connectivity index (χ4n) is 2.53. The van der Waals surface area contributed by atoms with Crippen molar-refractivity contribution in [2.75, 3.05) is 26.2 Å². The molecule has 1 atom stereocenters. The van der Waals surface area contributed by atoms with Crippen LogP contribution in [-0.4, -0.2) is 54.0 Å². The van der Waals surface area contributed by atoms with Gasteiger partial charge in [-0.2, -0.15) is 0 Å². The number of rotatable bonds is 6. The number of nitrogens with zero attached hydrogens (tertiary/aromatic N) is 1. The fraction of sp³-hybridized carbons (Fsp3) is 0.938. The molecule has 0 bridgehead atoms. The van der Waals surface area contributed by atoms with Gasteiger partial charge in [0.25, 0.3) is 0 Å². The molecule has 1 unspecified atom stereocenters. The highest BCUT2D eigenvalue weighted by atomic mass is 16.6. The summed E-state index contributed by atoms with van der Waals surface area (Å²) in [5.74, 6) is 0. The Labute approximate surface area is 129 Å². The van der Waals surface area contributed by atoms with Crippen molar-refractivity contribution in [3.63, 3.8) is 0 Å². The number of aliphatic hydroxyl groups is 1. The van der Waals surface area contributed by atoms with Gasteiger partial charge in [0.1, 0.15) is 5.60 Å². The van der Waals surface area contributed by atoms with Crippen molar-refractivity contribution < 1.29 is 14.6 Å². The van der Waals surface area contributed by atoms with Crippen molar-refractivity contribution in [1.82, 2.24) is 10.2 Å². The summed E-state index contributed by atoms with van der Waals surface area (Å²) in [7, 11) is 0. The molecule has 1 saturated heterocycles. The highest BCUT2D eigenvalue weighted by Gasteiger charge is 2.24. The number of aliphatic hydroxyl groups excluding tert-OH is 1. The lowest BCUT2D eigenvalue weighted by molar-refractivity contribution is 0.0256. The van der Waals surface area contributed by atoms with Crippen molar-refractivity contribution in [3.8, 4) is 0 Å². The number of carbonyl (C=O) groups excluding carboxylic acids is 1. The van der Waals surface area contributed by atoms with Crippen LogP contribution in [0.4, 0.5) is 4.79 Å². The number of hydrogen-bond donors (Lipinski definition) is 2. The Bertz CT molecular complexity index is 302. The first-order valence-electron chi connectivity index (χ1n) is 8.24. The molecule has 0 radical (unpaired) electrons. The van der Waals surface area contributed by atoms with Gasteiger partial charge in [-0.1, -0.05) is 0 Å². The van der Waals surface area contributed by atoms with Gasteiger partial charge < -0.3 is 20.1 Å². The SMILES string of the molecule is CC(C)(C)OC(=O)N1CCCC(NCCCCCO)CC1. The van der Waals surface area contributed by atoms with Gasteiger partial charge in [-0.3, -0.25) is 0 Å². The van der Waals surface area contributed by atoms with Crippen LogP contribution in [0.3, 0.4) is 0 Å². The van der Waals surface area contributed by atoms with E-state index < -0.39 is 5.60 Å². The summed E-state index contributed by atoms with van der Waals surface area (Å²) in [4.78, 5) is 13.9. The Balaban J connectivity index is 2.25. The molecule has 0 aromatic carbocycles. The van der Waals surface area contributed by atoms with Gasteiger partial charge in [-0.05, 0) is 65.8 Å². The molecule has 0 saturated carbocycles. The van der Waals surface area contributed by atoms with E-state index in [0.717, 1.165) is 58.2 Å². The van der Waals surface area contributed by atoms with Crippen LogP contribution in [0.2, 0.25) is 0 Å². The molecule has 0 spiro atoms. The summed E-state index contributed by atoms with van der Waals surface area (Å²) in [6, 6.07) is 0.492. The minimum atomic E-state index is -0.423. The Morgan fingerprint density at radius 3 is 2.67 bits per heavy atom. The van der Waals surface area contributed by atoms with Crippen LogP contribution in [0, 0.1) is 0 Å². The average Bonchev–Trinajstić information content (AvgIpc) is 2.62. The van der Waals surface area contributed by atoms with Gasteiger partial charge in [-0.25, -0.2) is 4.79 Å². The van der Waals surface area contributed by atoms with E-state index >= 15 is 0 Å². The molecule has 2 N–H and O–H groups in total. The summed E-state index contributed by atoms with van der Waals surface area (Å²) in [6.45, 7) is 8.55. The number of hydrogen-bond acceptors (Lipinski definition) is 4. The van der Waals surface area contributed by atoms with E-state index in [9.17, 15) is 4.79 Å². The second-order valence-electron chi connectivity index (χ2n) is 6.83. The maximum absolute atomic E-state index is 12.1. The molecule has 1 rings (SSSR count). The molecular weight excluding hydrogens is 268 g/mol. The maximum Gasteiger partial charge on any atom is 0.410 e. The normalized spacial score (nSPS) is 20.2. The van der Waals surface area contributed by atoms with E-state index in [4.69, 9.17) is 9.84 Å². The highest BCUT2D eigenvalue weighted by Crippen LogP contribution is 2.15. The topological polar surface area (TPSA) is 61.8 Å². The van der Waals surface area contributed by atoms with E-state index in [1.165, 1.54) is 0 Å². The van der Waals surface area contributed by atoms with Crippen LogP contribution in [0.1, 0.15) is 59.3 Å². The predicted octanol–water partition coefficient (Wildman–Crippen LogP) is 2.53. The van der Waals surface area contributed by atoms with E-state index in [0.29, 0.717) is 6.04 Å². The molecule has 5 heteroatoms. The molecule has 1 aliphatic rings. The van der Waals surface area contributed by atoms with E-state index in [1.54, 1.807) is 0 Å². The van der Waals surface area contributed by atoms with Crippen molar-refractivity contribution >= 4 is 6.09 Å². The maximum atomic E-state index is 12.1. The molecule has 5 nitrogen and oxygen atoms in total. The Hall–Kier alpha value is -0.810. The standard InChI is InChI=1S/C16H32N2O3/c1-16(2,3)21-15(20)18-11-7-8-14(9-12-18)17-10-5-4-6-13-19/h14,17,19H,4-13H2,1-3H3. The minimum absolute atomic E-state index is 0.189. The number of likely N-dealkylation sites (tertiary alicyclic amines) is 1. The van der Waals surface area contributed by atoms with Crippen LogP contribution in [-0.2, 0) is 4.74 Å². The van der Waals surface area contributed by atoms with E-state index in [-0.39, 0.29) is 12.7 Å². The molecule has 1 aliphatic heterocycles. The van der Waals surface area contributed by atoms with Gasteiger partial charge >= 0.3 is 6.09 Å². The Morgan fingerprint density at radius 1 is 1.24 bits per heavy atom. The van der Waals surface area contributed by atoms with Gasteiger partial charge in [-0.15, -0.1) is 0 Å². The number of nitrogens with one attached hydrogen (secondary N) is 1. The quantitative estimate of drug-likeness (QED) is 0.740. The van der Waals surface area contributed by atoms with Crippen LogP contribution < -0.4 is 5.32 Å². The molecule has 0 aliphatic carbocycles. The molecule has 1 heterocycles. The summed E-state index contributed by atoms with van der Waals surface area (Å²) < 4.78 is 5.44. The number of amides is 1. The minimum Gasteiger partial charge on any atom is -0.444 e. The molecule has 0 aromatic rings. The average molecular weight is 300 g/mol. The van der Waals surface area contributed by atoms with Gasteiger partial charge in [0, 0.05) is 25.7 Å². The van der Waals surface area contributed by atoms with Crippen molar-refractivity contribution in [3.05, 3.63) is 0 Å². The summed E-state index contributed by atoms with van der Waals surface area (Å²) in [5.41, 5.74) is -0.423. The third-order valence-corrected chi connectivity index (χ3v) is 3.65. The first-order chi connectivity index (χ1) is 9.92. The van der Waals surface area contributed by atoms with Crippen molar-refractivity contribution in [2.24, 2.45) is 0 Å². The van der Waals surface area contributed by atoms with Crippen LogP contribution >= 0.6 is 0 Å². The first kappa shape index (κ1) is 18.2. The second-order valence-corrected chi connectivity index (χ2v) is 6.83. The lowest BCUT2D eigenvalue weighted by atomic mass is 10.1. The number of ether oxygens (including phenoxy) is 1. The lowest BCUT2D eigenvalue weighted by Gasteiger charge is -2.26. The summed E-state index contributed by atoms with van der Waals surface area (Å²) >= 11 is 0. The number of carbonyl (C=O) groups is 1. The highest BCUT2D eigenvalue weighted by molar-refractivity contribution is 5.68. The van der Waals surface area contributed by atoms with Crippen LogP contribution in [0.5, 0.6) is 0 Å². The fourth-order valence-corrected chi connectivity index (χ4v) is 2.53. The van der Waals surface area contributed by atoms with Crippen LogP contribution in [0.15, 0.2) is 0 Å². The van der Waals surface area contributed by atoms with E-state index in [2.05, 4.69) is 5.32 Å². The van der Waals surface area contributed by atoms with Crippen molar-refractivity contribution in [1.29, 1.82) is 0 Å². The summed E-state index contributed by atoms with van der Waals surface area (Å²) in [6.07, 6.45) is 5.99. The van der Waals surface area contributed by atoms with E-state index in [1.807, 2.05) is 25.7 Å². The lowest BCUT2D eigenvalue weighted by Crippen LogP contribution is -2.38. The predicted molar refractivity (Wildman–Crippen MR) is 84.4 cm³/mol. The van der Waals surface area contributed by atoms with Gasteiger partial charge in [0.05, 0.1) is 0 Å². The third kappa shape index (κ3) is 8.27. The monoisotopic (exact) mass is 300 g/mol. The molecule has 0 aromatic heterocycles. The molecule has 21 heavy (non-hydrogen) atoms. The molecule has 1 fully saturated rings. The zero-order valence-electron chi connectivity index (χ0n) is 13.9. The Kier molecular flexibility index (Phi) is 8.04. The molecule has 124 valence electrons. The smallest absolute Gasteiger partial charge is 0.410 e. The van der Waals surface area contributed by atoms with Gasteiger partial charge in [0.2, 0.25) is 0 Å². The Morgan fingerprint density at radius 2 is 2.00 bits per heavy atom. The second kappa shape index (κ2) is 9.26. The third-order valence-electron chi connectivity index (χ3n) is 3.65. The summed E-state index contributed by atoms with van der Waals surface area (Å²) in [5, 5.41) is 12.3. The zero-order chi connectivity index (χ0) is 15.7. The first-order valence-corrected chi connectivity index (χ1v) is 8.24. The van der Waals surface area contributed by atoms with Crippen molar-refractivity contribution in [2.45, 2.75) is 70.9 Å². The largest absolute Gasteiger partial charge is 0.444 e. The van der Waals surface area contributed by atoms with Crippen LogP contribution in [0.25, 0.3) is 0 Å². The number of unbranched alkanes of at least 4 members (excludes halogenated alkanes) is 2. The zero-order valence-corrected chi connectivity index (χ0v) is 13.9. The molecular formula is C16H32N2O3.